The van der Waals surface area contributed by atoms with Crippen LogP contribution in [0.5, 0.6) is 0 Å². The SMILES string of the molecule is c1ccc(-c2nc(-c3ccccc3)nc(-c3ccc(-c4cccc5c4[te]c4ccccc45)cc3)n2)cc1. The monoisotopic (exact) mass is 589 g/mol. The fourth-order valence-electron chi connectivity index (χ4n) is 4.71. The van der Waals surface area contributed by atoms with Gasteiger partial charge in [0, 0.05) is 0 Å². The molecule has 0 N–H and O–H groups in total. The van der Waals surface area contributed by atoms with Gasteiger partial charge in [-0.15, -0.1) is 0 Å². The summed E-state index contributed by atoms with van der Waals surface area (Å²) in [7, 11) is 0. The Labute approximate surface area is 224 Å². The van der Waals surface area contributed by atoms with E-state index in [4.69, 9.17) is 15.0 Å². The van der Waals surface area contributed by atoms with E-state index in [0.717, 1.165) is 16.7 Å². The first-order valence-corrected chi connectivity index (χ1v) is 14.5. The molecular formula is C33H21N3Te. The maximum absolute atomic E-state index is 4.87. The molecule has 0 saturated carbocycles. The van der Waals surface area contributed by atoms with Crippen LogP contribution in [0.15, 0.2) is 127 Å². The molecular weight excluding hydrogens is 566 g/mol. The molecule has 0 atom stereocenters. The molecule has 0 amide bonds. The van der Waals surface area contributed by atoms with Gasteiger partial charge in [-0.3, -0.25) is 0 Å². The Balaban J connectivity index is 1.33. The van der Waals surface area contributed by atoms with Crippen molar-refractivity contribution in [1.29, 1.82) is 0 Å². The van der Waals surface area contributed by atoms with Crippen molar-refractivity contribution in [3.63, 3.8) is 0 Å². The number of aromatic nitrogens is 3. The Morgan fingerprint density at radius 3 is 1.49 bits per heavy atom. The number of hydrogen-bond acceptors (Lipinski definition) is 3. The van der Waals surface area contributed by atoms with E-state index in [9.17, 15) is 0 Å². The van der Waals surface area contributed by atoms with Gasteiger partial charge in [0.25, 0.3) is 0 Å². The molecule has 37 heavy (non-hydrogen) atoms. The number of rotatable bonds is 4. The molecule has 0 aliphatic carbocycles. The molecule has 0 bridgehead atoms. The molecule has 0 aliphatic rings. The first kappa shape index (κ1) is 22.1. The summed E-state index contributed by atoms with van der Waals surface area (Å²) in [5.74, 6) is 2.04. The van der Waals surface area contributed by atoms with E-state index >= 15 is 0 Å². The summed E-state index contributed by atoms with van der Waals surface area (Å²) in [5.41, 5.74) is 5.51. The van der Waals surface area contributed by atoms with Crippen molar-refractivity contribution in [2.75, 3.05) is 0 Å². The van der Waals surface area contributed by atoms with Crippen LogP contribution in [0.2, 0.25) is 0 Å². The Morgan fingerprint density at radius 1 is 0.378 bits per heavy atom. The third kappa shape index (κ3) is 4.15. The van der Waals surface area contributed by atoms with Crippen molar-refractivity contribution in [2.24, 2.45) is 0 Å². The molecule has 0 spiro atoms. The van der Waals surface area contributed by atoms with Crippen LogP contribution in [-0.2, 0) is 0 Å². The average molecular weight is 587 g/mol. The number of fused-ring (bicyclic) bond motifs is 3. The van der Waals surface area contributed by atoms with Gasteiger partial charge in [-0.2, -0.15) is 0 Å². The Morgan fingerprint density at radius 2 is 0.865 bits per heavy atom. The zero-order chi connectivity index (χ0) is 24.6. The van der Waals surface area contributed by atoms with Gasteiger partial charge in [0.05, 0.1) is 0 Å². The van der Waals surface area contributed by atoms with Gasteiger partial charge in [-0.25, -0.2) is 0 Å². The van der Waals surface area contributed by atoms with Gasteiger partial charge < -0.3 is 0 Å². The fraction of sp³-hybridized carbons (Fsp3) is 0. The Kier molecular flexibility index (Phi) is 5.63. The number of nitrogens with zero attached hydrogens (tertiary/aromatic N) is 3. The molecule has 0 aliphatic heterocycles. The average Bonchev–Trinajstić information content (AvgIpc) is 3.37. The van der Waals surface area contributed by atoms with Crippen LogP contribution in [0.4, 0.5) is 0 Å². The number of benzene rings is 5. The minimum atomic E-state index is -0.403. The molecule has 7 rings (SSSR count). The van der Waals surface area contributed by atoms with Crippen molar-refractivity contribution in [2.45, 2.75) is 0 Å². The van der Waals surface area contributed by atoms with Gasteiger partial charge in [-0.1, -0.05) is 12.1 Å². The third-order valence-electron chi connectivity index (χ3n) is 6.56. The molecule has 5 aromatic carbocycles. The second-order valence-electron chi connectivity index (χ2n) is 8.90. The second-order valence-corrected chi connectivity index (χ2v) is 11.9. The van der Waals surface area contributed by atoms with E-state index in [2.05, 4.69) is 66.7 Å². The van der Waals surface area contributed by atoms with E-state index in [1.165, 1.54) is 28.7 Å². The van der Waals surface area contributed by atoms with Crippen LogP contribution in [0.3, 0.4) is 0 Å². The van der Waals surface area contributed by atoms with Crippen LogP contribution < -0.4 is 0 Å². The van der Waals surface area contributed by atoms with Crippen molar-refractivity contribution in [3.05, 3.63) is 127 Å². The van der Waals surface area contributed by atoms with E-state index in [1.54, 1.807) is 0 Å². The van der Waals surface area contributed by atoms with Crippen LogP contribution in [-0.4, -0.2) is 35.4 Å². The predicted molar refractivity (Wildman–Crippen MR) is 154 cm³/mol. The quantitative estimate of drug-likeness (QED) is 0.197. The molecule has 7 aromatic rings. The Hall–Kier alpha value is -4.10. The van der Waals surface area contributed by atoms with Crippen LogP contribution in [0.1, 0.15) is 0 Å². The first-order valence-electron chi connectivity index (χ1n) is 12.2. The standard InChI is InChI=1S/C33H21N3Te/c1-3-10-23(11-4-1)31-34-32(24-12-5-2-6-13-24)36-33(35-31)25-20-18-22(19-21-25)26-15-9-16-28-27-14-7-8-17-29(27)37-30(26)28/h1-21H. The molecule has 3 nitrogen and oxygen atoms in total. The predicted octanol–water partition coefficient (Wildman–Crippen LogP) is 7.90. The molecule has 174 valence electrons. The van der Waals surface area contributed by atoms with E-state index < -0.39 is 20.4 Å². The molecule has 4 heteroatoms. The molecule has 0 unspecified atom stereocenters. The van der Waals surface area contributed by atoms with Crippen LogP contribution in [0, 0.1) is 0 Å². The zero-order valence-corrected chi connectivity index (χ0v) is 22.2. The summed E-state index contributed by atoms with van der Waals surface area (Å²) in [4.78, 5) is 14.5. The van der Waals surface area contributed by atoms with E-state index in [0.29, 0.717) is 17.5 Å². The maximum atomic E-state index is 4.87. The zero-order valence-electron chi connectivity index (χ0n) is 19.9. The summed E-state index contributed by atoms with van der Waals surface area (Å²) in [6.07, 6.45) is 0. The van der Waals surface area contributed by atoms with E-state index in [-0.39, 0.29) is 0 Å². The van der Waals surface area contributed by atoms with Crippen LogP contribution >= 0.6 is 0 Å². The van der Waals surface area contributed by atoms with Crippen molar-refractivity contribution in [3.8, 4) is 45.3 Å². The molecule has 2 heterocycles. The van der Waals surface area contributed by atoms with Crippen molar-refractivity contribution in [1.82, 2.24) is 15.0 Å². The number of hydrogen-bond donors (Lipinski definition) is 0. The first-order chi connectivity index (χ1) is 18.3. The summed E-state index contributed by atoms with van der Waals surface area (Å²) in [6.45, 7) is 0. The van der Waals surface area contributed by atoms with Crippen molar-refractivity contribution >= 4 is 38.0 Å². The Bertz CT molecular complexity index is 1800. The third-order valence-corrected chi connectivity index (χ3v) is 10.0. The fourth-order valence-corrected chi connectivity index (χ4v) is 8.25. The van der Waals surface area contributed by atoms with Gasteiger partial charge >= 0.3 is 214 Å². The van der Waals surface area contributed by atoms with Crippen LogP contribution in [0.25, 0.3) is 62.9 Å². The normalized spacial score (nSPS) is 11.2. The van der Waals surface area contributed by atoms with Gasteiger partial charge in [-0.05, 0) is 0 Å². The summed E-state index contributed by atoms with van der Waals surface area (Å²) in [5, 5.41) is 2.81. The molecule has 0 radical (unpaired) electrons. The molecule has 0 saturated heterocycles. The summed E-state index contributed by atoms with van der Waals surface area (Å²) >= 11 is -0.403. The van der Waals surface area contributed by atoms with Gasteiger partial charge in [0.2, 0.25) is 0 Å². The second kappa shape index (κ2) is 9.41. The topological polar surface area (TPSA) is 38.7 Å². The van der Waals surface area contributed by atoms with E-state index in [1.807, 2.05) is 60.7 Å². The van der Waals surface area contributed by atoms with Gasteiger partial charge in [0.15, 0.2) is 0 Å². The minimum absolute atomic E-state index is 0.403. The summed E-state index contributed by atoms with van der Waals surface area (Å²) < 4.78 is 3.05. The molecule has 0 fully saturated rings. The van der Waals surface area contributed by atoms with Crippen molar-refractivity contribution < 1.29 is 0 Å². The summed E-state index contributed by atoms with van der Waals surface area (Å²) in [6, 6.07) is 44.4. The van der Waals surface area contributed by atoms with Gasteiger partial charge in [0.1, 0.15) is 0 Å². The molecule has 2 aromatic heterocycles.